The molecule has 1 amide bonds. The number of nitrogens with zero attached hydrogens (tertiary/aromatic N) is 1. The minimum atomic E-state index is -4.88. The fraction of sp³-hybridized carbons (Fsp3) is 0.615. The topological polar surface area (TPSA) is 95.1 Å². The fourth-order valence-corrected chi connectivity index (χ4v) is 1.98. The number of hydrogen-bond donors (Lipinski definition) is 3. The normalized spacial score (nSPS) is 17.2. The molecule has 3 N–H and O–H groups in total. The van der Waals surface area contributed by atoms with Crippen molar-refractivity contribution in [2.45, 2.75) is 50.4 Å². The quantitative estimate of drug-likeness (QED) is 0.774. The Labute approximate surface area is 123 Å². The summed E-state index contributed by atoms with van der Waals surface area (Å²) in [7, 11) is 0. The number of carbonyl (C=O) groups is 1. The molecule has 0 spiro atoms. The highest BCUT2D eigenvalue weighted by atomic mass is 19.4. The Kier molecular flexibility index (Phi) is 4.03. The minimum absolute atomic E-state index is 0.0780. The van der Waals surface area contributed by atoms with Crippen LogP contribution in [0.4, 0.5) is 13.2 Å². The Bertz CT molecular complexity index is 635. The van der Waals surface area contributed by atoms with E-state index in [1.807, 2.05) is 0 Å². The van der Waals surface area contributed by atoms with Gasteiger partial charge in [-0.15, -0.1) is 0 Å². The summed E-state index contributed by atoms with van der Waals surface area (Å²) in [6, 6.07) is 0.914. The second-order valence-corrected chi connectivity index (χ2v) is 5.91. The Morgan fingerprint density at radius 2 is 2.05 bits per heavy atom. The van der Waals surface area contributed by atoms with Crippen LogP contribution in [-0.4, -0.2) is 38.8 Å². The van der Waals surface area contributed by atoms with Gasteiger partial charge < -0.3 is 15.4 Å². The largest absolute Gasteiger partial charge is 0.416 e. The summed E-state index contributed by atoms with van der Waals surface area (Å²) in [6.07, 6.45) is -5.94. The minimum Gasteiger partial charge on any atom is -0.382 e. The third-order valence-corrected chi connectivity index (χ3v) is 3.39. The SMILES string of the molecule is CC(C)(NC(=O)c1cc(=O)[nH]c(C2CC2)n1)C(O)C(F)(F)F. The Morgan fingerprint density at radius 3 is 2.55 bits per heavy atom. The number of H-pyrrole nitrogens is 1. The number of aliphatic hydroxyl groups is 1. The molecule has 0 radical (unpaired) electrons. The Balaban J connectivity index is 2.20. The molecule has 1 saturated carbocycles. The number of aliphatic hydroxyl groups excluding tert-OH is 1. The number of hydrogen-bond acceptors (Lipinski definition) is 4. The molecule has 1 unspecified atom stereocenters. The first-order valence-corrected chi connectivity index (χ1v) is 6.69. The van der Waals surface area contributed by atoms with Gasteiger partial charge in [0.1, 0.15) is 11.5 Å². The van der Waals surface area contributed by atoms with Crippen LogP contribution in [0.2, 0.25) is 0 Å². The summed E-state index contributed by atoms with van der Waals surface area (Å²) in [4.78, 5) is 30.0. The Hall–Kier alpha value is -1.90. The zero-order chi connectivity index (χ0) is 16.7. The van der Waals surface area contributed by atoms with Crippen molar-refractivity contribution in [1.82, 2.24) is 15.3 Å². The first-order chi connectivity index (χ1) is 10.0. The molecule has 1 atom stereocenters. The van der Waals surface area contributed by atoms with Crippen LogP contribution in [0.1, 0.15) is 48.9 Å². The number of alkyl halides is 3. The predicted molar refractivity (Wildman–Crippen MR) is 70.4 cm³/mol. The van der Waals surface area contributed by atoms with Crippen LogP contribution in [-0.2, 0) is 0 Å². The van der Waals surface area contributed by atoms with Gasteiger partial charge in [-0.25, -0.2) is 4.98 Å². The molecule has 9 heteroatoms. The van der Waals surface area contributed by atoms with E-state index in [9.17, 15) is 27.9 Å². The van der Waals surface area contributed by atoms with E-state index >= 15 is 0 Å². The monoisotopic (exact) mass is 319 g/mol. The van der Waals surface area contributed by atoms with Crippen molar-refractivity contribution >= 4 is 5.91 Å². The molecule has 0 aromatic carbocycles. The maximum Gasteiger partial charge on any atom is 0.416 e. The van der Waals surface area contributed by atoms with Crippen LogP contribution in [0.3, 0.4) is 0 Å². The van der Waals surface area contributed by atoms with Crippen LogP contribution < -0.4 is 10.9 Å². The highest BCUT2D eigenvalue weighted by molar-refractivity contribution is 5.92. The molecule has 6 nitrogen and oxygen atoms in total. The van der Waals surface area contributed by atoms with Gasteiger partial charge in [-0.3, -0.25) is 9.59 Å². The number of rotatable bonds is 4. The maximum absolute atomic E-state index is 12.6. The van der Waals surface area contributed by atoms with Gasteiger partial charge >= 0.3 is 6.18 Å². The average molecular weight is 319 g/mol. The number of carbonyl (C=O) groups excluding carboxylic acids is 1. The van der Waals surface area contributed by atoms with Crippen LogP contribution >= 0.6 is 0 Å². The summed E-state index contributed by atoms with van der Waals surface area (Å²) in [5, 5.41) is 11.4. The van der Waals surface area contributed by atoms with Crippen molar-refractivity contribution in [3.63, 3.8) is 0 Å². The molecule has 1 aromatic rings. The summed E-state index contributed by atoms with van der Waals surface area (Å²) in [6.45, 7) is 2.08. The van der Waals surface area contributed by atoms with E-state index in [2.05, 4.69) is 15.3 Å². The number of halogens is 3. The summed E-state index contributed by atoms with van der Waals surface area (Å²) >= 11 is 0. The first kappa shape index (κ1) is 16.5. The Morgan fingerprint density at radius 1 is 1.45 bits per heavy atom. The van der Waals surface area contributed by atoms with E-state index in [1.54, 1.807) is 0 Å². The number of aromatic nitrogens is 2. The van der Waals surface area contributed by atoms with Crippen molar-refractivity contribution in [3.8, 4) is 0 Å². The van der Waals surface area contributed by atoms with Gasteiger partial charge in [0.25, 0.3) is 11.5 Å². The maximum atomic E-state index is 12.6. The lowest BCUT2D eigenvalue weighted by Gasteiger charge is -2.32. The van der Waals surface area contributed by atoms with E-state index in [0.29, 0.717) is 5.82 Å². The van der Waals surface area contributed by atoms with E-state index in [4.69, 9.17) is 0 Å². The molecular formula is C13H16F3N3O3. The van der Waals surface area contributed by atoms with E-state index in [1.165, 1.54) is 0 Å². The summed E-state index contributed by atoms with van der Waals surface area (Å²) in [5.41, 5.74) is -2.77. The molecule has 122 valence electrons. The number of amides is 1. The standard InChI is InChI=1S/C13H16F3N3O3/c1-12(2,11(22)13(14,15)16)19-10(21)7-5-8(20)18-9(17-7)6-3-4-6/h5-6,11,22H,3-4H2,1-2H3,(H,19,21)(H,17,18,20). The smallest absolute Gasteiger partial charge is 0.382 e. The average Bonchev–Trinajstić information content (AvgIpc) is 3.19. The van der Waals surface area contributed by atoms with Crippen molar-refractivity contribution < 1.29 is 23.1 Å². The van der Waals surface area contributed by atoms with Crippen LogP contribution in [0, 0.1) is 0 Å². The van der Waals surface area contributed by atoms with Gasteiger partial charge in [0.15, 0.2) is 6.10 Å². The molecule has 1 aliphatic rings. The van der Waals surface area contributed by atoms with Crippen molar-refractivity contribution in [2.24, 2.45) is 0 Å². The zero-order valence-electron chi connectivity index (χ0n) is 12.0. The van der Waals surface area contributed by atoms with Crippen molar-refractivity contribution in [2.75, 3.05) is 0 Å². The lowest BCUT2D eigenvalue weighted by atomic mass is 9.96. The van der Waals surface area contributed by atoms with Gasteiger partial charge in [-0.1, -0.05) is 0 Å². The molecule has 22 heavy (non-hydrogen) atoms. The second kappa shape index (κ2) is 5.38. The van der Waals surface area contributed by atoms with Gasteiger partial charge in [-0.2, -0.15) is 13.2 Å². The van der Waals surface area contributed by atoms with E-state index in [0.717, 1.165) is 32.8 Å². The molecule has 0 bridgehead atoms. The number of aromatic amines is 1. The third-order valence-electron chi connectivity index (χ3n) is 3.39. The molecule has 2 rings (SSSR count). The molecule has 1 heterocycles. The molecule has 1 aromatic heterocycles. The van der Waals surface area contributed by atoms with Gasteiger partial charge in [0.05, 0.1) is 5.54 Å². The third kappa shape index (κ3) is 3.65. The lowest BCUT2D eigenvalue weighted by Crippen LogP contribution is -2.57. The zero-order valence-corrected chi connectivity index (χ0v) is 12.0. The van der Waals surface area contributed by atoms with Crippen LogP contribution in [0.25, 0.3) is 0 Å². The predicted octanol–water partition coefficient (Wildman–Crippen LogP) is 1.08. The van der Waals surface area contributed by atoms with Gasteiger partial charge in [-0.05, 0) is 26.7 Å². The second-order valence-electron chi connectivity index (χ2n) is 5.91. The summed E-state index contributed by atoms with van der Waals surface area (Å²) in [5.74, 6) is -0.512. The fourth-order valence-electron chi connectivity index (χ4n) is 1.98. The highest BCUT2D eigenvalue weighted by Gasteiger charge is 2.48. The van der Waals surface area contributed by atoms with Crippen molar-refractivity contribution in [3.05, 3.63) is 27.9 Å². The molecule has 1 aliphatic carbocycles. The van der Waals surface area contributed by atoms with Crippen LogP contribution in [0.5, 0.6) is 0 Å². The lowest BCUT2D eigenvalue weighted by molar-refractivity contribution is -0.222. The van der Waals surface area contributed by atoms with E-state index < -0.39 is 29.3 Å². The van der Waals surface area contributed by atoms with Gasteiger partial charge in [0.2, 0.25) is 0 Å². The van der Waals surface area contributed by atoms with Crippen LogP contribution in [0.15, 0.2) is 10.9 Å². The number of nitrogens with one attached hydrogen (secondary N) is 2. The molecule has 0 saturated heterocycles. The molecular weight excluding hydrogens is 303 g/mol. The van der Waals surface area contributed by atoms with E-state index in [-0.39, 0.29) is 11.6 Å². The van der Waals surface area contributed by atoms with Crippen molar-refractivity contribution in [1.29, 1.82) is 0 Å². The highest BCUT2D eigenvalue weighted by Crippen LogP contribution is 2.37. The summed E-state index contributed by atoms with van der Waals surface area (Å²) < 4.78 is 37.7. The molecule has 1 fully saturated rings. The van der Waals surface area contributed by atoms with Gasteiger partial charge in [0, 0.05) is 12.0 Å². The first-order valence-electron chi connectivity index (χ1n) is 6.69. The molecule has 0 aliphatic heterocycles.